The number of esters is 1. The molecule has 1 aromatic carbocycles. The Kier molecular flexibility index (Phi) is 4.78. The van der Waals surface area contributed by atoms with Crippen LogP contribution in [0.25, 0.3) is 5.69 Å². The molecule has 122 valence electrons. The van der Waals surface area contributed by atoms with Crippen LogP contribution in [0, 0.1) is 29.9 Å². The van der Waals surface area contributed by atoms with E-state index < -0.39 is 10.9 Å². The number of aromatic nitrogens is 2. The molecule has 1 aromatic heterocycles. The van der Waals surface area contributed by atoms with E-state index in [1.165, 1.54) is 4.68 Å². The second kappa shape index (κ2) is 6.60. The number of hydrogen-bond donors (Lipinski definition) is 0. The number of carbonyl (C=O) groups is 1. The first-order chi connectivity index (χ1) is 10.8. The van der Waals surface area contributed by atoms with Crippen LogP contribution in [-0.2, 0) is 4.74 Å². The van der Waals surface area contributed by atoms with Crippen LogP contribution in [0.2, 0.25) is 0 Å². The van der Waals surface area contributed by atoms with Crippen LogP contribution < -0.4 is 0 Å². The summed E-state index contributed by atoms with van der Waals surface area (Å²) in [6, 6.07) is 6.70. The summed E-state index contributed by atoms with van der Waals surface area (Å²) < 4.78 is 6.67. The minimum Gasteiger partial charge on any atom is -0.462 e. The molecule has 0 aliphatic carbocycles. The molecule has 0 fully saturated rings. The van der Waals surface area contributed by atoms with Crippen LogP contribution in [-0.4, -0.2) is 27.3 Å². The number of nitrogens with zero attached hydrogens (tertiary/aromatic N) is 3. The van der Waals surface area contributed by atoms with Gasteiger partial charge in [-0.05, 0) is 38.0 Å². The van der Waals surface area contributed by atoms with Gasteiger partial charge in [-0.1, -0.05) is 19.9 Å². The number of ether oxygens (including phenoxy) is 1. The Morgan fingerprint density at radius 1 is 1.39 bits per heavy atom. The van der Waals surface area contributed by atoms with E-state index in [1.54, 1.807) is 38.1 Å². The van der Waals surface area contributed by atoms with E-state index in [2.05, 4.69) is 5.10 Å². The molecule has 0 N–H and O–H groups in total. The fraction of sp³-hybridized carbons (Fsp3) is 0.375. The number of nitro groups is 1. The van der Waals surface area contributed by atoms with Gasteiger partial charge in [0.15, 0.2) is 0 Å². The maximum atomic E-state index is 12.0. The molecule has 2 rings (SSSR count). The molecule has 23 heavy (non-hydrogen) atoms. The van der Waals surface area contributed by atoms with Crippen LogP contribution >= 0.6 is 0 Å². The van der Waals surface area contributed by atoms with Crippen molar-refractivity contribution in [2.24, 2.45) is 5.92 Å². The maximum Gasteiger partial charge on any atom is 0.338 e. The van der Waals surface area contributed by atoms with Gasteiger partial charge in [-0.2, -0.15) is 5.10 Å². The second-order valence-electron chi connectivity index (χ2n) is 5.73. The van der Waals surface area contributed by atoms with E-state index in [9.17, 15) is 14.9 Å². The summed E-state index contributed by atoms with van der Waals surface area (Å²) in [7, 11) is 0. The lowest BCUT2D eigenvalue weighted by Crippen LogP contribution is -2.11. The monoisotopic (exact) mass is 317 g/mol. The minimum absolute atomic E-state index is 0.0159. The average Bonchev–Trinajstić information content (AvgIpc) is 2.79. The van der Waals surface area contributed by atoms with E-state index in [0.29, 0.717) is 29.2 Å². The molecule has 0 unspecified atom stereocenters. The topological polar surface area (TPSA) is 87.3 Å². The second-order valence-corrected chi connectivity index (χ2v) is 5.73. The molecule has 0 atom stereocenters. The van der Waals surface area contributed by atoms with Crippen molar-refractivity contribution >= 4 is 11.7 Å². The van der Waals surface area contributed by atoms with Crippen LogP contribution in [0.1, 0.15) is 35.6 Å². The van der Waals surface area contributed by atoms with E-state index in [4.69, 9.17) is 4.74 Å². The Balaban J connectivity index is 2.36. The van der Waals surface area contributed by atoms with Crippen LogP contribution in [0.15, 0.2) is 24.3 Å². The third-order valence-corrected chi connectivity index (χ3v) is 3.31. The molecule has 0 bridgehead atoms. The SMILES string of the molecule is Cc1nn(-c2cccc(C(=O)OCC(C)C)c2)c(C)c1[N+](=O)[O-]. The quantitative estimate of drug-likeness (QED) is 0.480. The van der Waals surface area contributed by atoms with Gasteiger partial charge < -0.3 is 4.74 Å². The lowest BCUT2D eigenvalue weighted by Gasteiger charge is -2.09. The molecule has 0 aliphatic rings. The predicted octanol–water partition coefficient (Wildman–Crippen LogP) is 3.21. The lowest BCUT2D eigenvalue weighted by atomic mass is 10.2. The van der Waals surface area contributed by atoms with Crippen molar-refractivity contribution in [3.05, 3.63) is 51.3 Å². The van der Waals surface area contributed by atoms with Crippen molar-refractivity contribution in [2.75, 3.05) is 6.61 Å². The first-order valence-corrected chi connectivity index (χ1v) is 7.29. The summed E-state index contributed by atoms with van der Waals surface area (Å²) in [6.07, 6.45) is 0. The van der Waals surface area contributed by atoms with Gasteiger partial charge in [-0.15, -0.1) is 0 Å². The largest absolute Gasteiger partial charge is 0.462 e. The Bertz CT molecular complexity index is 750. The van der Waals surface area contributed by atoms with Crippen LogP contribution in [0.3, 0.4) is 0 Å². The third-order valence-electron chi connectivity index (χ3n) is 3.31. The molecule has 7 nitrogen and oxygen atoms in total. The fourth-order valence-electron chi connectivity index (χ4n) is 2.24. The van der Waals surface area contributed by atoms with Crippen molar-refractivity contribution in [1.82, 2.24) is 9.78 Å². The van der Waals surface area contributed by atoms with E-state index in [-0.39, 0.29) is 11.6 Å². The summed E-state index contributed by atoms with van der Waals surface area (Å²) in [5.41, 5.74) is 1.70. The van der Waals surface area contributed by atoms with E-state index in [0.717, 1.165) is 0 Å². The number of hydrogen-bond acceptors (Lipinski definition) is 5. The van der Waals surface area contributed by atoms with Crippen LogP contribution in [0.5, 0.6) is 0 Å². The van der Waals surface area contributed by atoms with Gasteiger partial charge in [-0.3, -0.25) is 10.1 Å². The first kappa shape index (κ1) is 16.7. The fourth-order valence-corrected chi connectivity index (χ4v) is 2.24. The van der Waals surface area contributed by atoms with Crippen molar-refractivity contribution in [1.29, 1.82) is 0 Å². The maximum absolute atomic E-state index is 12.0. The lowest BCUT2D eigenvalue weighted by molar-refractivity contribution is -0.386. The third kappa shape index (κ3) is 3.56. The number of benzene rings is 1. The molecule has 7 heteroatoms. The van der Waals surface area contributed by atoms with Gasteiger partial charge >= 0.3 is 11.7 Å². The molecule has 0 radical (unpaired) electrons. The van der Waals surface area contributed by atoms with Gasteiger partial charge in [0, 0.05) is 0 Å². The summed E-state index contributed by atoms with van der Waals surface area (Å²) >= 11 is 0. The van der Waals surface area contributed by atoms with Crippen molar-refractivity contribution in [3.63, 3.8) is 0 Å². The zero-order chi connectivity index (χ0) is 17.1. The summed E-state index contributed by atoms with van der Waals surface area (Å²) in [5, 5.41) is 15.3. The van der Waals surface area contributed by atoms with Crippen molar-refractivity contribution in [3.8, 4) is 5.69 Å². The van der Waals surface area contributed by atoms with Crippen LogP contribution in [0.4, 0.5) is 5.69 Å². The molecule has 2 aromatic rings. The molecule has 0 saturated heterocycles. The predicted molar refractivity (Wildman–Crippen MR) is 84.8 cm³/mol. The molecule has 1 heterocycles. The highest BCUT2D eigenvalue weighted by Crippen LogP contribution is 2.25. The summed E-state index contributed by atoms with van der Waals surface area (Å²) in [6.45, 7) is 7.47. The summed E-state index contributed by atoms with van der Waals surface area (Å²) in [5.74, 6) is -0.169. The number of carbonyl (C=O) groups excluding carboxylic acids is 1. The molecular weight excluding hydrogens is 298 g/mol. The molecule has 0 aliphatic heterocycles. The molecular formula is C16H19N3O4. The highest BCUT2D eigenvalue weighted by atomic mass is 16.6. The van der Waals surface area contributed by atoms with E-state index >= 15 is 0 Å². The normalized spacial score (nSPS) is 10.8. The summed E-state index contributed by atoms with van der Waals surface area (Å²) in [4.78, 5) is 22.7. The molecule has 0 amide bonds. The number of aryl methyl sites for hydroxylation is 1. The zero-order valence-corrected chi connectivity index (χ0v) is 13.6. The van der Waals surface area contributed by atoms with Gasteiger partial charge in [0.1, 0.15) is 11.4 Å². The highest BCUT2D eigenvalue weighted by molar-refractivity contribution is 5.90. The van der Waals surface area contributed by atoms with Gasteiger partial charge in [0.2, 0.25) is 0 Å². The zero-order valence-electron chi connectivity index (χ0n) is 13.6. The average molecular weight is 317 g/mol. The van der Waals surface area contributed by atoms with Crippen molar-refractivity contribution in [2.45, 2.75) is 27.7 Å². The molecule has 0 spiro atoms. The molecule has 0 saturated carbocycles. The van der Waals surface area contributed by atoms with Gasteiger partial charge in [-0.25, -0.2) is 9.48 Å². The van der Waals surface area contributed by atoms with E-state index in [1.807, 2.05) is 13.8 Å². The number of rotatable bonds is 5. The Hall–Kier alpha value is -2.70. The minimum atomic E-state index is -0.449. The highest BCUT2D eigenvalue weighted by Gasteiger charge is 2.22. The first-order valence-electron chi connectivity index (χ1n) is 7.29. The Morgan fingerprint density at radius 2 is 2.09 bits per heavy atom. The van der Waals surface area contributed by atoms with Crippen molar-refractivity contribution < 1.29 is 14.5 Å². The Morgan fingerprint density at radius 3 is 2.65 bits per heavy atom. The van der Waals surface area contributed by atoms with Gasteiger partial charge in [0.05, 0.1) is 22.8 Å². The Labute approximate surface area is 134 Å². The standard InChI is InChI=1S/C16H19N3O4/c1-10(2)9-23-16(20)13-6-5-7-14(8-13)18-12(4)15(19(21)22)11(3)17-18/h5-8,10H,9H2,1-4H3. The smallest absolute Gasteiger partial charge is 0.338 e. The van der Waals surface area contributed by atoms with Gasteiger partial charge in [0.25, 0.3) is 0 Å².